The minimum Gasteiger partial charge on any atom is -0.303 e. The van der Waals surface area contributed by atoms with Gasteiger partial charge in [0.2, 0.25) is 5.91 Å². The topological polar surface area (TPSA) is 20.3 Å². The van der Waals surface area contributed by atoms with E-state index < -0.39 is 0 Å². The molecule has 3 rings (SSSR count). The number of benzene rings is 2. The highest BCUT2D eigenvalue weighted by Gasteiger charge is 2.34. The summed E-state index contributed by atoms with van der Waals surface area (Å²) in [4.78, 5) is 14.0. The van der Waals surface area contributed by atoms with Crippen LogP contribution in [0.2, 0.25) is 5.02 Å². The Labute approximate surface area is 127 Å². The second-order valence-corrected chi connectivity index (χ2v) is 5.50. The summed E-state index contributed by atoms with van der Waals surface area (Å²) in [5, 5.41) is 0.678. The molecule has 2 aromatic carbocycles. The van der Waals surface area contributed by atoms with Crippen LogP contribution in [0.15, 0.2) is 48.5 Å². The van der Waals surface area contributed by atoms with Crippen LogP contribution >= 0.6 is 23.2 Å². The van der Waals surface area contributed by atoms with Gasteiger partial charge in [-0.15, -0.1) is 11.6 Å². The van der Waals surface area contributed by atoms with Gasteiger partial charge in [-0.2, -0.15) is 0 Å². The summed E-state index contributed by atoms with van der Waals surface area (Å²) in [5.41, 5.74) is 3.14. The summed E-state index contributed by atoms with van der Waals surface area (Å²) in [6.45, 7) is 0. The molecule has 0 fully saturated rings. The number of amides is 1. The SMILES string of the molecule is O=C(CCl)N1c2ccccc2CC1c1cccc(Cl)c1. The number of nitrogens with zero attached hydrogens (tertiary/aromatic N) is 1. The van der Waals surface area contributed by atoms with Gasteiger partial charge in [-0.1, -0.05) is 41.9 Å². The normalized spacial score (nSPS) is 17.1. The third-order valence-corrected chi connectivity index (χ3v) is 4.06. The third-order valence-electron chi connectivity index (χ3n) is 3.59. The van der Waals surface area contributed by atoms with Gasteiger partial charge in [0.1, 0.15) is 5.88 Å². The summed E-state index contributed by atoms with van der Waals surface area (Å²) in [6, 6.07) is 15.6. The number of hydrogen-bond acceptors (Lipinski definition) is 1. The van der Waals surface area contributed by atoms with Crippen molar-refractivity contribution in [2.75, 3.05) is 10.8 Å². The van der Waals surface area contributed by atoms with Crippen LogP contribution in [-0.4, -0.2) is 11.8 Å². The molecule has 0 N–H and O–H groups in total. The van der Waals surface area contributed by atoms with E-state index in [1.54, 1.807) is 4.90 Å². The lowest BCUT2D eigenvalue weighted by atomic mass is 10.0. The first-order valence-corrected chi connectivity index (χ1v) is 7.33. The zero-order chi connectivity index (χ0) is 14.1. The highest BCUT2D eigenvalue weighted by atomic mass is 35.5. The van der Waals surface area contributed by atoms with Crippen molar-refractivity contribution in [1.82, 2.24) is 0 Å². The van der Waals surface area contributed by atoms with Crippen LogP contribution < -0.4 is 4.90 Å². The van der Waals surface area contributed by atoms with Gasteiger partial charge in [-0.05, 0) is 35.7 Å². The number of para-hydroxylation sites is 1. The van der Waals surface area contributed by atoms with Crippen LogP contribution in [0.3, 0.4) is 0 Å². The average molecular weight is 306 g/mol. The highest BCUT2D eigenvalue weighted by Crippen LogP contribution is 2.40. The molecule has 2 nitrogen and oxygen atoms in total. The molecule has 0 aromatic heterocycles. The fourth-order valence-corrected chi connectivity index (χ4v) is 3.07. The lowest BCUT2D eigenvalue weighted by molar-refractivity contribution is -0.116. The fourth-order valence-electron chi connectivity index (χ4n) is 2.74. The number of halogens is 2. The number of carbonyl (C=O) groups excluding carboxylic acids is 1. The molecule has 0 aliphatic carbocycles. The van der Waals surface area contributed by atoms with Gasteiger partial charge in [-0.25, -0.2) is 0 Å². The zero-order valence-corrected chi connectivity index (χ0v) is 12.2. The summed E-state index contributed by atoms with van der Waals surface area (Å²) in [5.74, 6) is -0.104. The van der Waals surface area contributed by atoms with Crippen molar-refractivity contribution in [3.05, 3.63) is 64.7 Å². The van der Waals surface area contributed by atoms with Crippen molar-refractivity contribution in [2.45, 2.75) is 12.5 Å². The molecule has 4 heteroatoms. The van der Waals surface area contributed by atoms with Crippen LogP contribution in [-0.2, 0) is 11.2 Å². The minimum absolute atomic E-state index is 0.0224. The Morgan fingerprint density at radius 1 is 1.20 bits per heavy atom. The molecule has 1 heterocycles. The molecule has 0 saturated heterocycles. The molecule has 0 bridgehead atoms. The largest absolute Gasteiger partial charge is 0.303 e. The van der Waals surface area contributed by atoms with Crippen molar-refractivity contribution in [2.24, 2.45) is 0 Å². The predicted octanol–water partition coefficient (Wildman–Crippen LogP) is 4.21. The Balaban J connectivity index is 2.06. The highest BCUT2D eigenvalue weighted by molar-refractivity contribution is 6.30. The van der Waals surface area contributed by atoms with Gasteiger partial charge in [0.15, 0.2) is 0 Å². The van der Waals surface area contributed by atoms with Crippen molar-refractivity contribution in [3.63, 3.8) is 0 Å². The molecular formula is C16H13Cl2NO. The standard InChI is InChI=1S/C16H13Cl2NO/c17-10-16(20)19-14-7-2-1-4-12(14)9-15(19)11-5-3-6-13(18)8-11/h1-8,15H,9-10H2. The Kier molecular flexibility index (Phi) is 3.68. The van der Waals surface area contributed by atoms with Crippen LogP contribution in [0, 0.1) is 0 Å². The number of anilines is 1. The van der Waals surface area contributed by atoms with Crippen molar-refractivity contribution < 1.29 is 4.79 Å². The van der Waals surface area contributed by atoms with Gasteiger partial charge in [0, 0.05) is 10.7 Å². The maximum atomic E-state index is 12.2. The summed E-state index contributed by atoms with van der Waals surface area (Å²) >= 11 is 11.8. The van der Waals surface area contributed by atoms with Crippen LogP contribution in [0.5, 0.6) is 0 Å². The van der Waals surface area contributed by atoms with Gasteiger partial charge >= 0.3 is 0 Å². The smallest absolute Gasteiger partial charge is 0.242 e. The number of fused-ring (bicyclic) bond motifs is 1. The number of carbonyl (C=O) groups is 1. The maximum Gasteiger partial charge on any atom is 0.242 e. The lowest BCUT2D eigenvalue weighted by Crippen LogP contribution is -2.33. The Hall–Kier alpha value is -1.51. The zero-order valence-electron chi connectivity index (χ0n) is 10.7. The van der Waals surface area contributed by atoms with E-state index in [0.29, 0.717) is 5.02 Å². The van der Waals surface area contributed by atoms with Crippen LogP contribution in [0.25, 0.3) is 0 Å². The van der Waals surface area contributed by atoms with Gasteiger partial charge in [-0.3, -0.25) is 4.79 Å². The molecule has 0 radical (unpaired) electrons. The first-order valence-electron chi connectivity index (χ1n) is 6.42. The van der Waals surface area contributed by atoms with Crippen molar-refractivity contribution >= 4 is 34.8 Å². The second-order valence-electron chi connectivity index (χ2n) is 4.80. The van der Waals surface area contributed by atoms with E-state index in [0.717, 1.165) is 23.2 Å². The van der Waals surface area contributed by atoms with E-state index in [2.05, 4.69) is 0 Å². The summed E-state index contributed by atoms with van der Waals surface area (Å²) in [6.07, 6.45) is 0.791. The maximum absolute atomic E-state index is 12.2. The molecule has 1 aliphatic rings. The molecule has 1 atom stereocenters. The number of rotatable bonds is 2. The Bertz CT molecular complexity index is 656. The molecule has 0 saturated carbocycles. The quantitative estimate of drug-likeness (QED) is 0.761. The third kappa shape index (κ3) is 2.30. The molecule has 20 heavy (non-hydrogen) atoms. The van der Waals surface area contributed by atoms with Crippen molar-refractivity contribution in [3.8, 4) is 0 Å². The van der Waals surface area contributed by atoms with Gasteiger partial charge in [0.25, 0.3) is 0 Å². The summed E-state index contributed by atoms with van der Waals surface area (Å²) in [7, 11) is 0. The molecule has 1 aliphatic heterocycles. The molecule has 0 spiro atoms. The fraction of sp³-hybridized carbons (Fsp3) is 0.188. The minimum atomic E-state index is -0.0819. The summed E-state index contributed by atoms with van der Waals surface area (Å²) < 4.78 is 0. The van der Waals surface area contributed by atoms with E-state index >= 15 is 0 Å². The second kappa shape index (κ2) is 5.47. The number of hydrogen-bond donors (Lipinski definition) is 0. The lowest BCUT2D eigenvalue weighted by Gasteiger charge is -2.25. The van der Waals surface area contributed by atoms with Crippen LogP contribution in [0.1, 0.15) is 17.2 Å². The molecule has 2 aromatic rings. The Morgan fingerprint density at radius 3 is 2.75 bits per heavy atom. The first-order chi connectivity index (χ1) is 9.70. The molecule has 102 valence electrons. The monoisotopic (exact) mass is 305 g/mol. The van der Waals surface area contributed by atoms with E-state index in [9.17, 15) is 4.79 Å². The molecular weight excluding hydrogens is 293 g/mol. The van der Waals surface area contributed by atoms with E-state index in [-0.39, 0.29) is 17.8 Å². The van der Waals surface area contributed by atoms with E-state index in [1.807, 2.05) is 48.5 Å². The van der Waals surface area contributed by atoms with Crippen LogP contribution in [0.4, 0.5) is 5.69 Å². The predicted molar refractivity (Wildman–Crippen MR) is 82.5 cm³/mol. The van der Waals surface area contributed by atoms with E-state index in [1.165, 1.54) is 0 Å². The molecule has 1 amide bonds. The Morgan fingerprint density at radius 2 is 2.00 bits per heavy atom. The first kappa shape index (κ1) is 13.5. The van der Waals surface area contributed by atoms with E-state index in [4.69, 9.17) is 23.2 Å². The number of alkyl halides is 1. The van der Waals surface area contributed by atoms with Gasteiger partial charge in [0.05, 0.1) is 6.04 Å². The average Bonchev–Trinajstić information content (AvgIpc) is 2.86. The van der Waals surface area contributed by atoms with Gasteiger partial charge < -0.3 is 4.90 Å². The van der Waals surface area contributed by atoms with Crippen molar-refractivity contribution in [1.29, 1.82) is 0 Å². The molecule has 1 unspecified atom stereocenters.